The predicted octanol–water partition coefficient (Wildman–Crippen LogP) is 5.34. The van der Waals surface area contributed by atoms with E-state index < -0.39 is 0 Å². The van der Waals surface area contributed by atoms with Gasteiger partial charge in [0, 0.05) is 38.6 Å². The van der Waals surface area contributed by atoms with Crippen LogP contribution in [-0.4, -0.2) is 43.0 Å². The average molecular weight is 502 g/mol. The van der Waals surface area contributed by atoms with Crippen molar-refractivity contribution in [3.05, 3.63) is 69.2 Å². The van der Waals surface area contributed by atoms with E-state index in [1.54, 1.807) is 0 Å². The zero-order chi connectivity index (χ0) is 24.2. The lowest BCUT2D eigenvalue weighted by Crippen LogP contribution is -2.45. The van der Waals surface area contributed by atoms with Crippen LogP contribution in [0.4, 0.5) is 0 Å². The van der Waals surface area contributed by atoms with E-state index in [0.717, 1.165) is 56.6 Å². The standard InChI is InChI=1S/C27H34Cl2N4O/c28-25-11-10-21(18-26(25)29)12-14-31-15-13-27(34)33(24-4-2-1-3-5-24)17-16-32-20-23-8-6-22(19-30)7-9-23/h6-11,18,24,31-32H,1-5,12-17,20H2. The van der Waals surface area contributed by atoms with Crippen LogP contribution in [0.1, 0.15) is 55.2 Å². The fourth-order valence-electron chi connectivity index (χ4n) is 4.42. The molecule has 1 saturated carbocycles. The van der Waals surface area contributed by atoms with Crippen LogP contribution >= 0.6 is 23.2 Å². The van der Waals surface area contributed by atoms with Gasteiger partial charge >= 0.3 is 0 Å². The molecule has 0 heterocycles. The Labute approximate surface area is 213 Å². The molecule has 1 amide bonds. The lowest BCUT2D eigenvalue weighted by Gasteiger charge is -2.34. The maximum atomic E-state index is 13.1. The number of nitriles is 1. The van der Waals surface area contributed by atoms with Crippen molar-refractivity contribution < 1.29 is 4.79 Å². The summed E-state index contributed by atoms with van der Waals surface area (Å²) >= 11 is 12.1. The first-order chi connectivity index (χ1) is 16.6. The third-order valence-corrected chi connectivity index (χ3v) is 7.11. The van der Waals surface area contributed by atoms with E-state index in [2.05, 4.69) is 21.6 Å². The minimum Gasteiger partial charge on any atom is -0.338 e. The largest absolute Gasteiger partial charge is 0.338 e. The van der Waals surface area contributed by atoms with E-state index in [1.165, 1.54) is 19.3 Å². The molecular formula is C27H34Cl2N4O. The molecule has 2 aromatic carbocycles. The summed E-state index contributed by atoms with van der Waals surface area (Å²) < 4.78 is 0. The van der Waals surface area contributed by atoms with Gasteiger partial charge in [0.1, 0.15) is 0 Å². The number of carbonyl (C=O) groups is 1. The Morgan fingerprint density at radius 1 is 0.941 bits per heavy atom. The maximum absolute atomic E-state index is 13.1. The van der Waals surface area contributed by atoms with Crippen molar-refractivity contribution in [3.63, 3.8) is 0 Å². The van der Waals surface area contributed by atoms with Gasteiger partial charge in [-0.2, -0.15) is 5.26 Å². The second kappa shape index (κ2) is 14.3. The number of halogens is 2. The van der Waals surface area contributed by atoms with Crippen molar-refractivity contribution in [2.45, 2.75) is 57.5 Å². The molecule has 2 aromatic rings. The van der Waals surface area contributed by atoms with Crippen molar-refractivity contribution in [2.75, 3.05) is 26.2 Å². The zero-order valence-corrected chi connectivity index (χ0v) is 21.2. The highest BCUT2D eigenvalue weighted by Crippen LogP contribution is 2.24. The molecule has 182 valence electrons. The summed E-state index contributed by atoms with van der Waals surface area (Å²) in [5.74, 6) is 0.231. The van der Waals surface area contributed by atoms with E-state index in [-0.39, 0.29) is 5.91 Å². The van der Waals surface area contributed by atoms with Gasteiger partial charge in [0.15, 0.2) is 0 Å². The van der Waals surface area contributed by atoms with Crippen LogP contribution in [-0.2, 0) is 17.8 Å². The molecule has 1 aliphatic rings. The van der Waals surface area contributed by atoms with Gasteiger partial charge < -0.3 is 15.5 Å². The number of nitrogens with zero attached hydrogens (tertiary/aromatic N) is 2. The molecule has 34 heavy (non-hydrogen) atoms. The Kier molecular flexibility index (Phi) is 11.2. The van der Waals surface area contributed by atoms with E-state index in [0.29, 0.717) is 34.6 Å². The molecule has 0 aliphatic heterocycles. The molecule has 0 spiro atoms. The Morgan fingerprint density at radius 3 is 2.38 bits per heavy atom. The first-order valence-electron chi connectivity index (χ1n) is 12.2. The Balaban J connectivity index is 1.41. The number of hydrogen-bond acceptors (Lipinski definition) is 4. The van der Waals surface area contributed by atoms with Gasteiger partial charge in [-0.1, -0.05) is 60.7 Å². The summed E-state index contributed by atoms with van der Waals surface area (Å²) in [7, 11) is 0. The van der Waals surface area contributed by atoms with Crippen molar-refractivity contribution >= 4 is 29.1 Å². The molecule has 0 bridgehead atoms. The first kappa shape index (κ1) is 26.5. The van der Waals surface area contributed by atoms with Gasteiger partial charge in [0.05, 0.1) is 21.7 Å². The number of carbonyl (C=O) groups excluding carboxylic acids is 1. The molecule has 0 aromatic heterocycles. The van der Waals surface area contributed by atoms with Crippen molar-refractivity contribution in [1.82, 2.24) is 15.5 Å². The van der Waals surface area contributed by atoms with Gasteiger partial charge in [-0.3, -0.25) is 4.79 Å². The van der Waals surface area contributed by atoms with Crippen LogP contribution in [0.25, 0.3) is 0 Å². The molecule has 3 rings (SSSR count). The average Bonchev–Trinajstić information content (AvgIpc) is 2.86. The van der Waals surface area contributed by atoms with Gasteiger partial charge in [0.25, 0.3) is 0 Å². The number of hydrogen-bond donors (Lipinski definition) is 2. The monoisotopic (exact) mass is 500 g/mol. The second-order valence-electron chi connectivity index (χ2n) is 8.86. The number of amides is 1. The summed E-state index contributed by atoms with van der Waals surface area (Å²) in [5.41, 5.74) is 2.94. The summed E-state index contributed by atoms with van der Waals surface area (Å²) in [6.45, 7) is 3.67. The van der Waals surface area contributed by atoms with Crippen molar-refractivity contribution in [2.24, 2.45) is 0 Å². The summed E-state index contributed by atoms with van der Waals surface area (Å²) in [6, 6.07) is 15.8. The number of nitrogens with one attached hydrogen (secondary N) is 2. The topological polar surface area (TPSA) is 68.2 Å². The molecule has 0 unspecified atom stereocenters. The van der Waals surface area contributed by atoms with Crippen molar-refractivity contribution in [1.29, 1.82) is 5.26 Å². The molecular weight excluding hydrogens is 467 g/mol. The van der Waals surface area contributed by atoms with E-state index in [4.69, 9.17) is 28.5 Å². The molecule has 1 fully saturated rings. The minimum absolute atomic E-state index is 0.231. The second-order valence-corrected chi connectivity index (χ2v) is 9.68. The van der Waals surface area contributed by atoms with Crippen LogP contribution in [0.15, 0.2) is 42.5 Å². The van der Waals surface area contributed by atoms with Crippen LogP contribution < -0.4 is 10.6 Å². The molecule has 7 heteroatoms. The van der Waals surface area contributed by atoms with Crippen LogP contribution in [0.5, 0.6) is 0 Å². The molecule has 0 saturated heterocycles. The normalized spacial score (nSPS) is 14.0. The Bertz CT molecular complexity index is 952. The third-order valence-electron chi connectivity index (χ3n) is 6.37. The number of benzene rings is 2. The van der Waals surface area contributed by atoms with Crippen LogP contribution in [0.3, 0.4) is 0 Å². The zero-order valence-electron chi connectivity index (χ0n) is 19.7. The summed E-state index contributed by atoms with van der Waals surface area (Å²) in [6.07, 6.45) is 7.23. The van der Waals surface area contributed by atoms with Gasteiger partial charge in [0.2, 0.25) is 5.91 Å². The van der Waals surface area contributed by atoms with E-state index >= 15 is 0 Å². The third kappa shape index (κ3) is 8.60. The van der Waals surface area contributed by atoms with Crippen LogP contribution in [0, 0.1) is 11.3 Å². The van der Waals surface area contributed by atoms with E-state index in [9.17, 15) is 4.79 Å². The SMILES string of the molecule is N#Cc1ccc(CNCCN(C(=O)CCNCCc2ccc(Cl)c(Cl)c2)C2CCCCC2)cc1. The van der Waals surface area contributed by atoms with E-state index in [1.807, 2.05) is 42.5 Å². The lowest BCUT2D eigenvalue weighted by molar-refractivity contribution is -0.134. The quantitative estimate of drug-likeness (QED) is 0.386. The molecule has 1 aliphatic carbocycles. The molecule has 0 radical (unpaired) electrons. The fourth-order valence-corrected chi connectivity index (χ4v) is 4.75. The van der Waals surface area contributed by atoms with Gasteiger partial charge in [-0.25, -0.2) is 0 Å². The highest BCUT2D eigenvalue weighted by molar-refractivity contribution is 6.42. The molecule has 2 N–H and O–H groups in total. The van der Waals surface area contributed by atoms with Crippen molar-refractivity contribution in [3.8, 4) is 6.07 Å². The summed E-state index contributed by atoms with van der Waals surface area (Å²) in [5, 5.41) is 16.9. The van der Waals surface area contributed by atoms with Gasteiger partial charge in [-0.05, 0) is 61.2 Å². The molecule has 0 atom stereocenters. The van der Waals surface area contributed by atoms with Crippen LogP contribution in [0.2, 0.25) is 10.0 Å². The predicted molar refractivity (Wildman–Crippen MR) is 139 cm³/mol. The summed E-state index contributed by atoms with van der Waals surface area (Å²) in [4.78, 5) is 15.2. The molecule has 5 nitrogen and oxygen atoms in total. The maximum Gasteiger partial charge on any atom is 0.224 e. The minimum atomic E-state index is 0.231. The number of rotatable bonds is 12. The smallest absolute Gasteiger partial charge is 0.224 e. The lowest BCUT2D eigenvalue weighted by atomic mass is 9.94. The van der Waals surface area contributed by atoms with Gasteiger partial charge in [-0.15, -0.1) is 0 Å². The Morgan fingerprint density at radius 2 is 1.68 bits per heavy atom. The highest BCUT2D eigenvalue weighted by atomic mass is 35.5. The first-order valence-corrected chi connectivity index (χ1v) is 13.0. The highest BCUT2D eigenvalue weighted by Gasteiger charge is 2.24. The fraction of sp³-hybridized carbons (Fsp3) is 0.481. The Hall–Kier alpha value is -2.10.